The van der Waals surface area contributed by atoms with Gasteiger partial charge in [-0.2, -0.15) is 4.98 Å². The smallest absolute Gasteiger partial charge is 0.308 e. The fraction of sp³-hybridized carbons (Fsp3) is 0.412. The number of amides is 1. The summed E-state index contributed by atoms with van der Waals surface area (Å²) >= 11 is 0. The van der Waals surface area contributed by atoms with E-state index in [0.717, 1.165) is 0 Å². The fourth-order valence-corrected chi connectivity index (χ4v) is 2.43. The predicted octanol–water partition coefficient (Wildman–Crippen LogP) is 2.52. The molecule has 1 unspecified atom stereocenters. The van der Waals surface area contributed by atoms with Crippen LogP contribution in [0.25, 0.3) is 11.5 Å². The Morgan fingerprint density at radius 3 is 2.58 bits per heavy atom. The summed E-state index contributed by atoms with van der Waals surface area (Å²) in [5.41, 5.74) is 0.890. The molecule has 1 aromatic carbocycles. The molecule has 0 aliphatic rings. The molecule has 1 amide bonds. The number of aryl methyl sites for hydroxylation is 1. The van der Waals surface area contributed by atoms with E-state index in [1.165, 1.54) is 0 Å². The Morgan fingerprint density at radius 2 is 2.00 bits per heavy atom. The standard InChI is InChI=1S/C17H21N3O4/c1-10(2)8-12(17(22)23)9-18-15(21)13-6-4-5-7-14(13)16-19-11(3)20-24-16/h4-7,10,12H,8-9H2,1-3H3,(H,18,21)(H,22,23). The highest BCUT2D eigenvalue weighted by Crippen LogP contribution is 2.22. The van der Waals surface area contributed by atoms with Crippen LogP contribution in [0.3, 0.4) is 0 Å². The van der Waals surface area contributed by atoms with Crippen LogP contribution in [0.1, 0.15) is 36.5 Å². The Hall–Kier alpha value is -2.70. The zero-order chi connectivity index (χ0) is 17.7. The largest absolute Gasteiger partial charge is 0.481 e. The summed E-state index contributed by atoms with van der Waals surface area (Å²) in [4.78, 5) is 27.9. The van der Waals surface area contributed by atoms with Crippen molar-refractivity contribution in [2.45, 2.75) is 27.2 Å². The molecule has 0 saturated heterocycles. The summed E-state index contributed by atoms with van der Waals surface area (Å²) in [7, 11) is 0. The maximum atomic E-state index is 12.5. The Kier molecular flexibility index (Phi) is 5.68. The summed E-state index contributed by atoms with van der Waals surface area (Å²) in [6.07, 6.45) is 0.500. The van der Waals surface area contributed by atoms with Crippen molar-refractivity contribution in [3.05, 3.63) is 35.7 Å². The van der Waals surface area contributed by atoms with E-state index in [2.05, 4.69) is 15.5 Å². The van der Waals surface area contributed by atoms with Crippen molar-refractivity contribution in [2.75, 3.05) is 6.54 Å². The van der Waals surface area contributed by atoms with Crippen LogP contribution >= 0.6 is 0 Å². The van der Waals surface area contributed by atoms with Gasteiger partial charge in [-0.25, -0.2) is 0 Å². The van der Waals surface area contributed by atoms with Gasteiger partial charge >= 0.3 is 5.97 Å². The van der Waals surface area contributed by atoms with Crippen LogP contribution in [-0.4, -0.2) is 33.7 Å². The topological polar surface area (TPSA) is 105 Å². The molecule has 7 nitrogen and oxygen atoms in total. The van der Waals surface area contributed by atoms with E-state index in [4.69, 9.17) is 4.52 Å². The van der Waals surface area contributed by atoms with Crippen molar-refractivity contribution in [1.82, 2.24) is 15.5 Å². The lowest BCUT2D eigenvalue weighted by Crippen LogP contribution is -2.33. The number of benzene rings is 1. The van der Waals surface area contributed by atoms with Gasteiger partial charge in [0.2, 0.25) is 0 Å². The van der Waals surface area contributed by atoms with Crippen LogP contribution in [0.15, 0.2) is 28.8 Å². The second kappa shape index (κ2) is 7.72. The first-order valence-corrected chi connectivity index (χ1v) is 7.79. The van der Waals surface area contributed by atoms with Crippen LogP contribution in [0.2, 0.25) is 0 Å². The number of carboxylic acid groups (broad SMARTS) is 1. The van der Waals surface area contributed by atoms with Gasteiger partial charge < -0.3 is 14.9 Å². The molecule has 0 saturated carbocycles. The lowest BCUT2D eigenvalue weighted by molar-refractivity contribution is -0.142. The van der Waals surface area contributed by atoms with Crippen LogP contribution in [0.5, 0.6) is 0 Å². The van der Waals surface area contributed by atoms with Gasteiger partial charge in [-0.05, 0) is 31.4 Å². The summed E-state index contributed by atoms with van der Waals surface area (Å²) in [5, 5.41) is 15.7. The number of aromatic nitrogens is 2. The maximum Gasteiger partial charge on any atom is 0.308 e. The molecule has 0 spiro atoms. The number of carboxylic acids is 1. The lowest BCUT2D eigenvalue weighted by Gasteiger charge is -2.16. The monoisotopic (exact) mass is 331 g/mol. The molecule has 2 rings (SSSR count). The number of nitrogens with zero attached hydrogens (tertiary/aromatic N) is 2. The molecule has 2 aromatic rings. The van der Waals surface area contributed by atoms with E-state index < -0.39 is 11.9 Å². The molecule has 0 aliphatic carbocycles. The highest BCUT2D eigenvalue weighted by molar-refractivity contribution is 6.00. The van der Waals surface area contributed by atoms with Crippen molar-refractivity contribution in [1.29, 1.82) is 0 Å². The van der Waals surface area contributed by atoms with Gasteiger partial charge in [0, 0.05) is 6.54 Å². The summed E-state index contributed by atoms with van der Waals surface area (Å²) in [6.45, 7) is 5.67. The Bertz CT molecular complexity index is 724. The fourth-order valence-electron chi connectivity index (χ4n) is 2.43. The molecule has 0 radical (unpaired) electrons. The Labute approximate surface area is 140 Å². The number of carbonyl (C=O) groups excluding carboxylic acids is 1. The minimum absolute atomic E-state index is 0.0730. The van der Waals surface area contributed by atoms with Gasteiger partial charge in [-0.3, -0.25) is 9.59 Å². The van der Waals surface area contributed by atoms with Gasteiger partial charge in [-0.1, -0.05) is 31.1 Å². The van der Waals surface area contributed by atoms with Crippen molar-refractivity contribution >= 4 is 11.9 Å². The second-order valence-corrected chi connectivity index (χ2v) is 6.07. The molecule has 24 heavy (non-hydrogen) atoms. The zero-order valence-corrected chi connectivity index (χ0v) is 13.9. The molecule has 0 bridgehead atoms. The molecule has 7 heteroatoms. The van der Waals surface area contributed by atoms with E-state index in [-0.39, 0.29) is 24.3 Å². The molecule has 1 atom stereocenters. The Morgan fingerprint density at radius 1 is 1.29 bits per heavy atom. The van der Waals surface area contributed by atoms with Gasteiger partial charge in [-0.15, -0.1) is 0 Å². The first kappa shape index (κ1) is 17.7. The minimum Gasteiger partial charge on any atom is -0.481 e. The second-order valence-electron chi connectivity index (χ2n) is 6.07. The highest BCUT2D eigenvalue weighted by atomic mass is 16.5. The van der Waals surface area contributed by atoms with E-state index in [1.54, 1.807) is 31.2 Å². The number of nitrogens with one attached hydrogen (secondary N) is 1. The predicted molar refractivity (Wildman–Crippen MR) is 87.4 cm³/mol. The molecule has 2 N–H and O–H groups in total. The number of hydrogen-bond donors (Lipinski definition) is 2. The van der Waals surface area contributed by atoms with Crippen molar-refractivity contribution < 1.29 is 19.2 Å². The average Bonchev–Trinajstić information content (AvgIpc) is 2.97. The van der Waals surface area contributed by atoms with E-state index in [9.17, 15) is 14.7 Å². The normalized spacial score (nSPS) is 12.2. The molecule has 0 aliphatic heterocycles. The molecule has 1 aromatic heterocycles. The number of rotatable bonds is 7. The van der Waals surface area contributed by atoms with Crippen molar-refractivity contribution in [2.24, 2.45) is 11.8 Å². The number of hydrogen-bond acceptors (Lipinski definition) is 5. The molecule has 1 heterocycles. The van der Waals surface area contributed by atoms with Crippen LogP contribution in [0.4, 0.5) is 0 Å². The maximum absolute atomic E-state index is 12.5. The quantitative estimate of drug-likeness (QED) is 0.807. The third-order valence-electron chi connectivity index (χ3n) is 3.54. The average molecular weight is 331 g/mol. The van der Waals surface area contributed by atoms with Crippen molar-refractivity contribution in [3.63, 3.8) is 0 Å². The van der Waals surface area contributed by atoms with E-state index in [0.29, 0.717) is 23.4 Å². The van der Waals surface area contributed by atoms with Crippen LogP contribution < -0.4 is 5.32 Å². The summed E-state index contributed by atoms with van der Waals surface area (Å²) in [5.74, 6) is -0.928. The van der Waals surface area contributed by atoms with Gasteiger partial charge in [0.15, 0.2) is 5.82 Å². The van der Waals surface area contributed by atoms with Crippen LogP contribution in [-0.2, 0) is 4.79 Å². The molecule has 128 valence electrons. The van der Waals surface area contributed by atoms with Gasteiger partial charge in [0.25, 0.3) is 11.8 Å². The summed E-state index contributed by atoms with van der Waals surface area (Å²) in [6, 6.07) is 6.85. The zero-order valence-electron chi connectivity index (χ0n) is 13.9. The highest BCUT2D eigenvalue weighted by Gasteiger charge is 2.22. The SMILES string of the molecule is Cc1noc(-c2ccccc2C(=O)NCC(CC(C)C)C(=O)O)n1. The molecular formula is C17H21N3O4. The summed E-state index contributed by atoms with van der Waals surface area (Å²) < 4.78 is 5.12. The molecular weight excluding hydrogens is 310 g/mol. The Balaban J connectivity index is 2.14. The van der Waals surface area contributed by atoms with E-state index >= 15 is 0 Å². The third kappa shape index (κ3) is 4.41. The first-order valence-electron chi connectivity index (χ1n) is 7.79. The van der Waals surface area contributed by atoms with Gasteiger partial charge in [0.05, 0.1) is 17.0 Å². The lowest BCUT2D eigenvalue weighted by atomic mass is 9.97. The third-order valence-corrected chi connectivity index (χ3v) is 3.54. The van der Waals surface area contributed by atoms with E-state index in [1.807, 2.05) is 13.8 Å². The molecule has 0 fully saturated rings. The number of carbonyl (C=O) groups is 2. The minimum atomic E-state index is -0.912. The first-order chi connectivity index (χ1) is 11.4. The van der Waals surface area contributed by atoms with Crippen molar-refractivity contribution in [3.8, 4) is 11.5 Å². The van der Waals surface area contributed by atoms with Crippen LogP contribution in [0, 0.1) is 18.8 Å². The number of aliphatic carboxylic acids is 1. The van der Waals surface area contributed by atoms with Gasteiger partial charge in [0.1, 0.15) is 0 Å².